The Bertz CT molecular complexity index is 106. The molecule has 0 aromatic carbocycles. The summed E-state index contributed by atoms with van der Waals surface area (Å²) in [6.07, 6.45) is 2.07. The van der Waals surface area contributed by atoms with Gasteiger partial charge in [-0.15, -0.1) is 0 Å². The smallest absolute Gasteiger partial charge is 0.172 e. The van der Waals surface area contributed by atoms with Gasteiger partial charge in [-0.1, -0.05) is 13.3 Å². The van der Waals surface area contributed by atoms with Crippen molar-refractivity contribution in [2.75, 3.05) is 6.61 Å². The highest BCUT2D eigenvalue weighted by molar-refractivity contribution is 5.50. The summed E-state index contributed by atoms with van der Waals surface area (Å²) in [5.74, 6) is -1.22. The fourth-order valence-corrected chi connectivity index (χ4v) is 1.02. The van der Waals surface area contributed by atoms with Crippen LogP contribution in [0.4, 0.5) is 0 Å². The Balaban J connectivity index is 3.88. The maximum absolute atomic E-state index is 10.1. The van der Waals surface area contributed by atoms with E-state index in [0.29, 0.717) is 19.3 Å². The van der Waals surface area contributed by atoms with Gasteiger partial charge < -0.3 is 14.6 Å². The Labute approximate surface area is 67.4 Å². The standard InChI is InChI=1S/C8H16O3/c1-3-5-8(10,6-7-9)11-4-2/h7,10H,3-6H2,1-2H3. The SMILES string of the molecule is CCCC(O)(CC=O)OCC. The molecular formula is C8H16O3. The molecule has 0 aromatic rings. The molecular weight excluding hydrogens is 144 g/mol. The van der Waals surface area contributed by atoms with Crippen LogP contribution < -0.4 is 0 Å². The molecule has 1 unspecified atom stereocenters. The topological polar surface area (TPSA) is 46.5 Å². The zero-order chi connectivity index (χ0) is 8.74. The van der Waals surface area contributed by atoms with E-state index < -0.39 is 5.79 Å². The van der Waals surface area contributed by atoms with Crippen molar-refractivity contribution in [1.29, 1.82) is 0 Å². The van der Waals surface area contributed by atoms with Crippen LogP contribution in [0.15, 0.2) is 0 Å². The van der Waals surface area contributed by atoms with Gasteiger partial charge in [0.1, 0.15) is 6.29 Å². The lowest BCUT2D eigenvalue weighted by molar-refractivity contribution is -0.205. The first-order valence-electron chi connectivity index (χ1n) is 3.98. The third-order valence-electron chi connectivity index (χ3n) is 1.46. The second kappa shape index (κ2) is 5.27. The summed E-state index contributed by atoms with van der Waals surface area (Å²) >= 11 is 0. The maximum atomic E-state index is 10.1. The Morgan fingerprint density at radius 3 is 2.55 bits per heavy atom. The van der Waals surface area contributed by atoms with E-state index in [4.69, 9.17) is 4.74 Å². The summed E-state index contributed by atoms with van der Waals surface area (Å²) in [6.45, 7) is 4.17. The van der Waals surface area contributed by atoms with E-state index in [-0.39, 0.29) is 6.42 Å². The van der Waals surface area contributed by atoms with Gasteiger partial charge in [0.2, 0.25) is 0 Å². The average Bonchev–Trinajstić information content (AvgIpc) is 1.88. The molecule has 0 heterocycles. The number of carbonyl (C=O) groups excluding carboxylic acids is 1. The van der Waals surface area contributed by atoms with Crippen LogP contribution in [0.1, 0.15) is 33.1 Å². The van der Waals surface area contributed by atoms with Crippen molar-refractivity contribution in [3.8, 4) is 0 Å². The lowest BCUT2D eigenvalue weighted by Gasteiger charge is -2.24. The summed E-state index contributed by atoms with van der Waals surface area (Å²) in [4.78, 5) is 10.1. The highest BCUT2D eigenvalue weighted by Crippen LogP contribution is 2.17. The van der Waals surface area contributed by atoms with E-state index in [0.717, 1.165) is 6.42 Å². The number of carbonyl (C=O) groups is 1. The van der Waals surface area contributed by atoms with Crippen LogP contribution in [0.3, 0.4) is 0 Å². The Hall–Kier alpha value is -0.410. The van der Waals surface area contributed by atoms with Gasteiger partial charge in [0.25, 0.3) is 0 Å². The van der Waals surface area contributed by atoms with Gasteiger partial charge in [0.05, 0.1) is 6.42 Å². The van der Waals surface area contributed by atoms with E-state index in [2.05, 4.69) is 0 Å². The second-order valence-electron chi connectivity index (χ2n) is 2.50. The fraction of sp³-hybridized carbons (Fsp3) is 0.875. The second-order valence-corrected chi connectivity index (χ2v) is 2.50. The monoisotopic (exact) mass is 160 g/mol. The number of rotatable bonds is 6. The molecule has 0 rings (SSSR count). The predicted octanol–water partition coefficient (Wildman–Crippen LogP) is 1.10. The minimum absolute atomic E-state index is 0.0642. The van der Waals surface area contributed by atoms with Crippen LogP contribution in [-0.4, -0.2) is 23.8 Å². The number of aliphatic hydroxyl groups is 1. The van der Waals surface area contributed by atoms with Crippen LogP contribution >= 0.6 is 0 Å². The molecule has 0 aliphatic heterocycles. The maximum Gasteiger partial charge on any atom is 0.172 e. The van der Waals surface area contributed by atoms with Crippen LogP contribution in [0, 0.1) is 0 Å². The molecule has 1 N–H and O–H groups in total. The molecule has 1 atom stereocenters. The fourth-order valence-electron chi connectivity index (χ4n) is 1.02. The van der Waals surface area contributed by atoms with Crippen molar-refractivity contribution in [3.05, 3.63) is 0 Å². The van der Waals surface area contributed by atoms with Crippen LogP contribution in [-0.2, 0) is 9.53 Å². The van der Waals surface area contributed by atoms with Crippen molar-refractivity contribution in [3.63, 3.8) is 0 Å². The summed E-state index contributed by atoms with van der Waals surface area (Å²) in [5.41, 5.74) is 0. The molecule has 0 fully saturated rings. The molecule has 0 radical (unpaired) electrons. The normalized spacial score (nSPS) is 15.9. The van der Waals surface area contributed by atoms with Gasteiger partial charge in [-0.25, -0.2) is 0 Å². The molecule has 11 heavy (non-hydrogen) atoms. The molecule has 0 aliphatic rings. The van der Waals surface area contributed by atoms with Crippen molar-refractivity contribution in [2.45, 2.75) is 38.9 Å². The zero-order valence-electron chi connectivity index (χ0n) is 7.17. The van der Waals surface area contributed by atoms with Gasteiger partial charge in [-0.05, 0) is 6.92 Å². The van der Waals surface area contributed by atoms with Crippen LogP contribution in [0.25, 0.3) is 0 Å². The molecule has 0 amide bonds. The number of hydrogen-bond acceptors (Lipinski definition) is 3. The minimum atomic E-state index is -1.22. The first kappa shape index (κ1) is 10.6. The van der Waals surface area contributed by atoms with E-state index >= 15 is 0 Å². The van der Waals surface area contributed by atoms with Gasteiger partial charge in [-0.2, -0.15) is 0 Å². The van der Waals surface area contributed by atoms with Crippen LogP contribution in [0.5, 0.6) is 0 Å². The number of aldehydes is 1. The molecule has 66 valence electrons. The van der Waals surface area contributed by atoms with E-state index in [1.165, 1.54) is 0 Å². The summed E-state index contributed by atoms with van der Waals surface area (Å²) in [5, 5.41) is 9.56. The largest absolute Gasteiger partial charge is 0.365 e. The molecule has 3 heteroatoms. The van der Waals surface area contributed by atoms with Crippen molar-refractivity contribution in [1.82, 2.24) is 0 Å². The molecule has 3 nitrogen and oxygen atoms in total. The van der Waals surface area contributed by atoms with Gasteiger partial charge in [0.15, 0.2) is 5.79 Å². The van der Waals surface area contributed by atoms with Gasteiger partial charge in [-0.3, -0.25) is 0 Å². The lowest BCUT2D eigenvalue weighted by atomic mass is 10.1. The highest BCUT2D eigenvalue weighted by Gasteiger charge is 2.24. The lowest BCUT2D eigenvalue weighted by Crippen LogP contribution is -2.32. The third kappa shape index (κ3) is 4.11. The van der Waals surface area contributed by atoms with E-state index in [1.54, 1.807) is 6.92 Å². The summed E-state index contributed by atoms with van der Waals surface area (Å²) in [6, 6.07) is 0. The quantitative estimate of drug-likeness (QED) is 0.467. The highest BCUT2D eigenvalue weighted by atomic mass is 16.6. The van der Waals surface area contributed by atoms with Crippen molar-refractivity contribution < 1.29 is 14.6 Å². The first-order valence-corrected chi connectivity index (χ1v) is 3.98. The molecule has 0 spiro atoms. The van der Waals surface area contributed by atoms with E-state index in [9.17, 15) is 9.90 Å². The Morgan fingerprint density at radius 2 is 2.18 bits per heavy atom. The minimum Gasteiger partial charge on any atom is -0.365 e. The Kier molecular flexibility index (Phi) is 5.07. The predicted molar refractivity (Wildman–Crippen MR) is 42.2 cm³/mol. The van der Waals surface area contributed by atoms with Crippen molar-refractivity contribution >= 4 is 6.29 Å². The number of hydrogen-bond donors (Lipinski definition) is 1. The number of ether oxygens (including phenoxy) is 1. The van der Waals surface area contributed by atoms with Crippen molar-refractivity contribution in [2.24, 2.45) is 0 Å². The molecule has 0 aliphatic carbocycles. The van der Waals surface area contributed by atoms with E-state index in [1.807, 2.05) is 6.92 Å². The third-order valence-corrected chi connectivity index (χ3v) is 1.46. The zero-order valence-corrected chi connectivity index (χ0v) is 7.17. The first-order chi connectivity index (χ1) is 5.18. The molecule has 0 aromatic heterocycles. The van der Waals surface area contributed by atoms with Gasteiger partial charge in [0, 0.05) is 13.0 Å². The Morgan fingerprint density at radius 1 is 1.55 bits per heavy atom. The molecule has 0 saturated carbocycles. The average molecular weight is 160 g/mol. The van der Waals surface area contributed by atoms with Gasteiger partial charge >= 0.3 is 0 Å². The molecule has 0 saturated heterocycles. The van der Waals surface area contributed by atoms with Crippen LogP contribution in [0.2, 0.25) is 0 Å². The molecule has 0 bridgehead atoms. The summed E-state index contributed by atoms with van der Waals surface area (Å²) in [7, 11) is 0. The summed E-state index contributed by atoms with van der Waals surface area (Å²) < 4.78 is 5.03.